The number of aryl methyl sites for hydroxylation is 1. The van der Waals surface area contributed by atoms with E-state index in [4.69, 9.17) is 4.74 Å². The Morgan fingerprint density at radius 3 is 2.52 bits per heavy atom. The zero-order valence-electron chi connectivity index (χ0n) is 12.8. The van der Waals surface area contributed by atoms with E-state index in [-0.39, 0.29) is 11.6 Å². The Labute approximate surface area is 125 Å². The van der Waals surface area contributed by atoms with E-state index in [1.165, 1.54) is 5.56 Å². The molecule has 1 unspecified atom stereocenters. The lowest BCUT2D eigenvalue weighted by Crippen LogP contribution is -2.16. The average Bonchev–Trinajstić information content (AvgIpc) is 2.49. The van der Waals surface area contributed by atoms with Gasteiger partial charge in [0.1, 0.15) is 5.75 Å². The molecular formula is C17H22N2O2. The maximum Gasteiger partial charge on any atom is 0.250 e. The van der Waals surface area contributed by atoms with Gasteiger partial charge >= 0.3 is 0 Å². The third-order valence-electron chi connectivity index (χ3n) is 3.32. The summed E-state index contributed by atoms with van der Waals surface area (Å²) in [5.41, 5.74) is 2.09. The Morgan fingerprint density at radius 1 is 1.19 bits per heavy atom. The van der Waals surface area contributed by atoms with Crippen molar-refractivity contribution >= 4 is 5.69 Å². The smallest absolute Gasteiger partial charge is 0.250 e. The number of hydrogen-bond donors (Lipinski definition) is 1. The number of rotatable bonds is 6. The second-order valence-corrected chi connectivity index (χ2v) is 5.15. The van der Waals surface area contributed by atoms with E-state index in [0.717, 1.165) is 24.5 Å². The van der Waals surface area contributed by atoms with E-state index in [1.807, 2.05) is 12.1 Å². The van der Waals surface area contributed by atoms with Crippen LogP contribution in [0, 0.1) is 0 Å². The van der Waals surface area contributed by atoms with Crippen molar-refractivity contribution in [1.82, 2.24) is 4.57 Å². The van der Waals surface area contributed by atoms with Crippen molar-refractivity contribution in [3.63, 3.8) is 0 Å². The third kappa shape index (κ3) is 4.12. The number of anilines is 1. The van der Waals surface area contributed by atoms with Gasteiger partial charge in [-0.25, -0.2) is 0 Å². The van der Waals surface area contributed by atoms with E-state index in [2.05, 4.69) is 31.3 Å². The van der Waals surface area contributed by atoms with Crippen LogP contribution in [0.25, 0.3) is 0 Å². The predicted molar refractivity (Wildman–Crippen MR) is 85.9 cm³/mol. The van der Waals surface area contributed by atoms with E-state index >= 15 is 0 Å². The van der Waals surface area contributed by atoms with Crippen molar-refractivity contribution in [1.29, 1.82) is 0 Å². The highest BCUT2D eigenvalue weighted by atomic mass is 16.5. The summed E-state index contributed by atoms with van der Waals surface area (Å²) in [7, 11) is 1.75. The molecule has 0 amide bonds. The Balaban J connectivity index is 2.03. The van der Waals surface area contributed by atoms with Crippen LogP contribution in [-0.4, -0.2) is 11.2 Å². The van der Waals surface area contributed by atoms with Crippen LogP contribution < -0.4 is 15.6 Å². The van der Waals surface area contributed by atoms with Crippen LogP contribution in [0.3, 0.4) is 0 Å². The monoisotopic (exact) mass is 286 g/mol. The number of benzene rings is 1. The number of nitrogens with one attached hydrogen (secondary N) is 1. The van der Waals surface area contributed by atoms with Crippen LogP contribution in [-0.2, 0) is 7.05 Å². The molecule has 0 saturated heterocycles. The van der Waals surface area contributed by atoms with E-state index in [9.17, 15) is 4.79 Å². The third-order valence-corrected chi connectivity index (χ3v) is 3.32. The number of aromatic nitrogens is 1. The molecule has 4 heteroatoms. The van der Waals surface area contributed by atoms with Crippen LogP contribution in [0.4, 0.5) is 5.69 Å². The first-order valence-electron chi connectivity index (χ1n) is 7.26. The first-order chi connectivity index (χ1) is 10.1. The Morgan fingerprint density at radius 2 is 1.90 bits per heavy atom. The molecule has 0 saturated carbocycles. The average molecular weight is 286 g/mol. The van der Waals surface area contributed by atoms with Crippen molar-refractivity contribution in [2.75, 3.05) is 11.9 Å². The van der Waals surface area contributed by atoms with E-state index in [1.54, 1.807) is 29.9 Å². The van der Waals surface area contributed by atoms with Crippen molar-refractivity contribution in [3.05, 3.63) is 58.5 Å². The number of pyridine rings is 1. The molecule has 0 aliphatic rings. The topological polar surface area (TPSA) is 43.3 Å². The van der Waals surface area contributed by atoms with E-state index in [0.29, 0.717) is 0 Å². The van der Waals surface area contributed by atoms with Gasteiger partial charge in [0.2, 0.25) is 5.56 Å². The van der Waals surface area contributed by atoms with Crippen molar-refractivity contribution < 1.29 is 4.74 Å². The Hall–Kier alpha value is -2.23. The summed E-state index contributed by atoms with van der Waals surface area (Å²) in [6.07, 6.45) is 2.81. The van der Waals surface area contributed by atoms with Gasteiger partial charge in [0.05, 0.1) is 12.3 Å². The second kappa shape index (κ2) is 6.97. The maximum absolute atomic E-state index is 11.4. The minimum atomic E-state index is -0.00868. The van der Waals surface area contributed by atoms with Gasteiger partial charge in [-0.1, -0.05) is 19.1 Å². The molecule has 2 rings (SSSR count). The molecule has 0 radical (unpaired) electrons. The SMILES string of the molecule is CCCOc1ccc(C(C)Nc2ccc(=O)n(C)c2)cc1. The minimum Gasteiger partial charge on any atom is -0.494 e. The summed E-state index contributed by atoms with van der Waals surface area (Å²) in [5, 5.41) is 3.39. The van der Waals surface area contributed by atoms with E-state index < -0.39 is 0 Å². The number of nitrogens with zero attached hydrogens (tertiary/aromatic N) is 1. The largest absolute Gasteiger partial charge is 0.494 e. The lowest BCUT2D eigenvalue weighted by Gasteiger charge is -2.16. The molecule has 0 aliphatic heterocycles. The van der Waals surface area contributed by atoms with Crippen LogP contribution in [0.1, 0.15) is 31.9 Å². The van der Waals surface area contributed by atoms with Gasteiger partial charge in [-0.05, 0) is 37.1 Å². The highest BCUT2D eigenvalue weighted by Crippen LogP contribution is 2.21. The zero-order chi connectivity index (χ0) is 15.2. The summed E-state index contributed by atoms with van der Waals surface area (Å²) < 4.78 is 7.14. The Kier molecular flexibility index (Phi) is 5.04. The lowest BCUT2D eigenvalue weighted by molar-refractivity contribution is 0.317. The molecule has 112 valence electrons. The maximum atomic E-state index is 11.4. The molecule has 21 heavy (non-hydrogen) atoms. The molecule has 1 heterocycles. The van der Waals surface area contributed by atoms with Gasteiger partial charge in [-0.15, -0.1) is 0 Å². The highest BCUT2D eigenvalue weighted by molar-refractivity contribution is 5.43. The second-order valence-electron chi connectivity index (χ2n) is 5.15. The molecule has 1 aromatic heterocycles. The summed E-state index contributed by atoms with van der Waals surface area (Å²) in [4.78, 5) is 11.4. The van der Waals surface area contributed by atoms with Crippen LogP contribution >= 0.6 is 0 Å². The predicted octanol–water partition coefficient (Wildman–Crippen LogP) is 3.35. The summed E-state index contributed by atoms with van der Waals surface area (Å²) in [5.74, 6) is 0.898. The molecular weight excluding hydrogens is 264 g/mol. The molecule has 0 bridgehead atoms. The van der Waals surface area contributed by atoms with Gasteiger partial charge in [0.15, 0.2) is 0 Å². The van der Waals surface area contributed by atoms with Gasteiger partial charge in [0.25, 0.3) is 0 Å². The molecule has 1 aromatic carbocycles. The summed E-state index contributed by atoms with van der Waals surface area (Å²) in [6.45, 7) is 4.92. The Bertz CT molecular complexity index is 632. The fourth-order valence-corrected chi connectivity index (χ4v) is 2.09. The quantitative estimate of drug-likeness (QED) is 0.885. The van der Waals surface area contributed by atoms with Gasteiger partial charge in [-0.3, -0.25) is 4.79 Å². The fourth-order valence-electron chi connectivity index (χ4n) is 2.09. The standard InChI is InChI=1S/C17H22N2O2/c1-4-11-21-16-8-5-14(6-9-16)13(2)18-15-7-10-17(20)19(3)12-15/h5-10,12-13,18H,4,11H2,1-3H3. The summed E-state index contributed by atoms with van der Waals surface area (Å²) in [6, 6.07) is 11.6. The lowest BCUT2D eigenvalue weighted by atomic mass is 10.1. The molecule has 1 atom stereocenters. The van der Waals surface area contributed by atoms with Gasteiger partial charge in [-0.2, -0.15) is 0 Å². The first-order valence-corrected chi connectivity index (χ1v) is 7.26. The van der Waals surface area contributed by atoms with Crippen LogP contribution in [0.2, 0.25) is 0 Å². The molecule has 0 fully saturated rings. The number of hydrogen-bond acceptors (Lipinski definition) is 3. The zero-order valence-corrected chi connectivity index (χ0v) is 12.8. The molecule has 1 N–H and O–H groups in total. The van der Waals surface area contributed by atoms with Crippen molar-refractivity contribution in [3.8, 4) is 5.75 Å². The molecule has 2 aromatic rings. The van der Waals surface area contributed by atoms with Crippen molar-refractivity contribution in [2.45, 2.75) is 26.3 Å². The van der Waals surface area contributed by atoms with Crippen LogP contribution in [0.5, 0.6) is 5.75 Å². The van der Waals surface area contributed by atoms with Crippen molar-refractivity contribution in [2.24, 2.45) is 7.05 Å². The molecule has 0 spiro atoms. The molecule has 4 nitrogen and oxygen atoms in total. The van der Waals surface area contributed by atoms with Crippen LogP contribution in [0.15, 0.2) is 47.4 Å². The minimum absolute atomic E-state index is 0.00868. The molecule has 0 aliphatic carbocycles. The normalized spacial score (nSPS) is 12.0. The van der Waals surface area contributed by atoms with Gasteiger partial charge < -0.3 is 14.6 Å². The first kappa shape index (κ1) is 15.2. The summed E-state index contributed by atoms with van der Waals surface area (Å²) >= 11 is 0. The fraction of sp³-hybridized carbons (Fsp3) is 0.353. The number of ether oxygens (including phenoxy) is 1. The van der Waals surface area contributed by atoms with Gasteiger partial charge in [0, 0.05) is 25.4 Å². The highest BCUT2D eigenvalue weighted by Gasteiger charge is 2.06.